The average molecular weight is 416 g/mol. The fraction of sp³-hybridized carbons (Fsp3) is 0.400. The van der Waals surface area contributed by atoms with Crippen LogP contribution in [0.25, 0.3) is 0 Å². The predicted octanol–water partition coefficient (Wildman–Crippen LogP) is 2.85. The Hall–Kier alpha value is -0.800. The molecule has 0 spiro atoms. The number of hydrogen-bond donors (Lipinski definition) is 1. The Morgan fingerprint density at radius 2 is 1.96 bits per heavy atom. The van der Waals surface area contributed by atoms with Gasteiger partial charge in [0.25, 0.3) is 10.0 Å². The van der Waals surface area contributed by atoms with Crippen LogP contribution in [0.1, 0.15) is 18.4 Å². The van der Waals surface area contributed by atoms with Gasteiger partial charge in [-0.2, -0.15) is 0 Å². The number of pyridine rings is 1. The minimum Gasteiger partial charge on any atom is -0.299 e. The first-order valence-electron chi connectivity index (χ1n) is 7.41. The van der Waals surface area contributed by atoms with Gasteiger partial charge in [-0.15, -0.1) is 11.3 Å². The highest BCUT2D eigenvalue weighted by atomic mass is 79.9. The van der Waals surface area contributed by atoms with Crippen molar-refractivity contribution in [1.82, 2.24) is 14.6 Å². The van der Waals surface area contributed by atoms with Gasteiger partial charge >= 0.3 is 0 Å². The molecule has 1 aliphatic rings. The summed E-state index contributed by atoms with van der Waals surface area (Å²) in [4.78, 5) is 6.37. The molecule has 0 saturated carbocycles. The van der Waals surface area contributed by atoms with Crippen LogP contribution in [-0.2, 0) is 16.6 Å². The summed E-state index contributed by atoms with van der Waals surface area (Å²) in [5, 5.41) is 1.77. The third kappa shape index (κ3) is 4.39. The van der Waals surface area contributed by atoms with E-state index in [-0.39, 0.29) is 6.04 Å². The molecule has 0 unspecified atom stereocenters. The number of nitrogens with one attached hydrogen (secondary N) is 1. The van der Waals surface area contributed by atoms with Gasteiger partial charge in [-0.25, -0.2) is 13.1 Å². The van der Waals surface area contributed by atoms with Crippen LogP contribution in [0.5, 0.6) is 0 Å². The van der Waals surface area contributed by atoms with Crippen molar-refractivity contribution in [3.05, 3.63) is 46.0 Å². The van der Waals surface area contributed by atoms with E-state index >= 15 is 0 Å². The molecule has 0 atom stereocenters. The number of rotatable bonds is 5. The van der Waals surface area contributed by atoms with Crippen molar-refractivity contribution < 1.29 is 8.42 Å². The molecule has 124 valence electrons. The van der Waals surface area contributed by atoms with Crippen LogP contribution in [0.3, 0.4) is 0 Å². The number of thiophene rings is 1. The monoisotopic (exact) mass is 415 g/mol. The number of halogens is 1. The van der Waals surface area contributed by atoms with Crippen LogP contribution in [0.4, 0.5) is 0 Å². The van der Waals surface area contributed by atoms with Gasteiger partial charge in [-0.3, -0.25) is 9.88 Å². The minimum absolute atomic E-state index is 0.00249. The topological polar surface area (TPSA) is 62.3 Å². The molecule has 23 heavy (non-hydrogen) atoms. The fourth-order valence-electron chi connectivity index (χ4n) is 2.70. The number of hydrogen-bond acceptors (Lipinski definition) is 5. The van der Waals surface area contributed by atoms with Crippen LogP contribution in [0, 0.1) is 0 Å². The van der Waals surface area contributed by atoms with E-state index in [1.165, 1.54) is 16.9 Å². The Labute approximate surface area is 148 Å². The third-order valence-corrected chi connectivity index (χ3v) is 8.08. The molecule has 0 aliphatic carbocycles. The quantitative estimate of drug-likeness (QED) is 0.815. The minimum atomic E-state index is -3.43. The maximum Gasteiger partial charge on any atom is 0.251 e. The highest BCUT2D eigenvalue weighted by Crippen LogP contribution is 2.28. The molecule has 1 aliphatic heterocycles. The second kappa shape index (κ2) is 7.40. The molecule has 0 bridgehead atoms. The van der Waals surface area contributed by atoms with Crippen LogP contribution < -0.4 is 4.72 Å². The van der Waals surface area contributed by atoms with Crippen LogP contribution in [0.15, 0.2) is 44.7 Å². The summed E-state index contributed by atoms with van der Waals surface area (Å²) in [6.45, 7) is 2.67. The van der Waals surface area contributed by atoms with Gasteiger partial charge in [0.05, 0.1) is 0 Å². The van der Waals surface area contributed by atoms with Gasteiger partial charge in [0.15, 0.2) is 0 Å². The van der Waals surface area contributed by atoms with Gasteiger partial charge in [-0.1, -0.05) is 0 Å². The van der Waals surface area contributed by atoms with Crippen molar-refractivity contribution in [1.29, 1.82) is 0 Å². The number of nitrogens with zero attached hydrogens (tertiary/aromatic N) is 2. The lowest BCUT2D eigenvalue weighted by molar-refractivity contribution is 0.200. The maximum atomic E-state index is 12.4. The summed E-state index contributed by atoms with van der Waals surface area (Å²) in [6, 6.07) is 5.80. The first-order valence-corrected chi connectivity index (χ1v) is 10.6. The molecule has 3 rings (SSSR count). The van der Waals surface area contributed by atoms with Crippen molar-refractivity contribution >= 4 is 37.3 Å². The molecule has 2 aromatic heterocycles. The van der Waals surface area contributed by atoms with Gasteiger partial charge in [-0.05, 0) is 57.9 Å². The summed E-state index contributed by atoms with van der Waals surface area (Å²) >= 11 is 4.53. The summed E-state index contributed by atoms with van der Waals surface area (Å²) < 4.78 is 28.6. The Balaban J connectivity index is 1.54. The van der Waals surface area contributed by atoms with E-state index < -0.39 is 10.0 Å². The summed E-state index contributed by atoms with van der Waals surface area (Å²) in [6.07, 6.45) is 5.25. The summed E-state index contributed by atoms with van der Waals surface area (Å²) in [5.74, 6) is 0. The van der Waals surface area contributed by atoms with E-state index in [1.807, 2.05) is 12.1 Å². The van der Waals surface area contributed by atoms with Crippen LogP contribution >= 0.6 is 27.3 Å². The highest BCUT2D eigenvalue weighted by molar-refractivity contribution is 9.10. The number of likely N-dealkylation sites (tertiary alicyclic amines) is 1. The zero-order chi connectivity index (χ0) is 16.3. The van der Waals surface area contributed by atoms with Gasteiger partial charge in [0.2, 0.25) is 0 Å². The first-order chi connectivity index (χ1) is 11.0. The molecule has 0 radical (unpaired) electrons. The van der Waals surface area contributed by atoms with Gasteiger partial charge in [0.1, 0.15) is 4.21 Å². The van der Waals surface area contributed by atoms with Crippen LogP contribution in [-0.4, -0.2) is 37.4 Å². The van der Waals surface area contributed by atoms with E-state index in [2.05, 4.69) is 30.5 Å². The van der Waals surface area contributed by atoms with E-state index in [9.17, 15) is 8.42 Å². The van der Waals surface area contributed by atoms with Crippen LogP contribution in [0.2, 0.25) is 0 Å². The molecule has 1 saturated heterocycles. The van der Waals surface area contributed by atoms with E-state index in [0.717, 1.165) is 32.5 Å². The molecule has 8 heteroatoms. The lowest BCUT2D eigenvalue weighted by Crippen LogP contribution is -2.44. The molecule has 0 aromatic carbocycles. The molecule has 3 heterocycles. The lowest BCUT2D eigenvalue weighted by Gasteiger charge is -2.32. The van der Waals surface area contributed by atoms with Gasteiger partial charge < -0.3 is 0 Å². The standard InChI is InChI=1S/C15H18BrN3O2S2/c16-14-5-10-22-15(14)23(20,21)18-13-3-8-19(9-4-13)11-12-1-6-17-7-2-12/h1-2,5-7,10,13,18H,3-4,8-9,11H2. The second-order valence-electron chi connectivity index (χ2n) is 5.58. The molecule has 2 aromatic rings. The molecule has 5 nitrogen and oxygen atoms in total. The van der Waals surface area contributed by atoms with E-state index in [1.54, 1.807) is 23.8 Å². The maximum absolute atomic E-state index is 12.4. The molecule has 0 amide bonds. The zero-order valence-corrected chi connectivity index (χ0v) is 15.7. The predicted molar refractivity (Wildman–Crippen MR) is 94.9 cm³/mol. The SMILES string of the molecule is O=S(=O)(NC1CCN(Cc2ccncc2)CC1)c1sccc1Br. The van der Waals surface area contributed by atoms with Crippen molar-refractivity contribution in [3.63, 3.8) is 0 Å². The average Bonchev–Trinajstić information content (AvgIpc) is 2.97. The third-order valence-electron chi connectivity index (χ3n) is 3.89. The number of aromatic nitrogens is 1. The number of piperidine rings is 1. The van der Waals surface area contributed by atoms with Gasteiger partial charge in [0, 0.05) is 42.5 Å². The smallest absolute Gasteiger partial charge is 0.251 e. The molecule has 1 fully saturated rings. The van der Waals surface area contributed by atoms with Crippen molar-refractivity contribution in [2.45, 2.75) is 29.6 Å². The fourth-order valence-corrected chi connectivity index (χ4v) is 6.36. The Bertz CT molecular complexity index is 741. The normalized spacial score (nSPS) is 17.4. The largest absolute Gasteiger partial charge is 0.299 e. The van der Waals surface area contributed by atoms with Crippen molar-refractivity contribution in [2.24, 2.45) is 0 Å². The van der Waals surface area contributed by atoms with E-state index in [0.29, 0.717) is 8.68 Å². The summed E-state index contributed by atoms with van der Waals surface area (Å²) in [5.41, 5.74) is 1.24. The van der Waals surface area contributed by atoms with Crippen molar-refractivity contribution in [2.75, 3.05) is 13.1 Å². The Morgan fingerprint density at radius 3 is 2.57 bits per heavy atom. The molecule has 1 N–H and O–H groups in total. The number of sulfonamides is 1. The highest BCUT2D eigenvalue weighted by Gasteiger charge is 2.26. The van der Waals surface area contributed by atoms with E-state index in [4.69, 9.17) is 0 Å². The summed E-state index contributed by atoms with van der Waals surface area (Å²) in [7, 11) is -3.43. The lowest BCUT2D eigenvalue weighted by atomic mass is 10.1. The Morgan fingerprint density at radius 1 is 1.26 bits per heavy atom. The first kappa shape index (κ1) is 17.0. The second-order valence-corrected chi connectivity index (χ2v) is 9.26. The Kier molecular flexibility index (Phi) is 5.48. The molecular formula is C15H18BrN3O2S2. The van der Waals surface area contributed by atoms with Crippen molar-refractivity contribution in [3.8, 4) is 0 Å². The molecular weight excluding hydrogens is 398 g/mol. The zero-order valence-electron chi connectivity index (χ0n) is 12.5.